The molecule has 0 N–H and O–H groups in total. The first-order chi connectivity index (χ1) is 26.2. The van der Waals surface area contributed by atoms with Crippen LogP contribution in [0, 0.1) is 46.3 Å². The van der Waals surface area contributed by atoms with Gasteiger partial charge in [0.15, 0.2) is 6.10 Å². The summed E-state index contributed by atoms with van der Waals surface area (Å²) in [5.41, 5.74) is 2.30. The standard InChI is InChI=1S/C50H90NO4/c1-10-11-12-13-14-15-16-17-18-19-20-21-22-26-47(52)55-42(37-51(7,8)9)36-48(53)54-41-31-33-49(5)40(35-41)27-28-43-45-30-29-44(39(4)25-23-24-38(2)3)50(45,6)34-32-46(43)49/h27,38-39,41-46H,10-26,28-37H2,1-9H3/q+1/t39-,41+,42?,43+,44-,45+,46+,49+,50-/m1/s1. The van der Waals surface area contributed by atoms with E-state index in [4.69, 9.17) is 9.47 Å². The van der Waals surface area contributed by atoms with Crippen molar-refractivity contribution in [3.8, 4) is 0 Å². The highest BCUT2D eigenvalue weighted by molar-refractivity contribution is 5.72. The number of carbonyl (C=O) groups excluding carboxylic acids is 2. The van der Waals surface area contributed by atoms with Crippen LogP contribution in [-0.4, -0.2) is 56.3 Å². The second kappa shape index (κ2) is 22.1. The Bertz CT molecular complexity index is 1190. The molecule has 0 amide bonds. The highest BCUT2D eigenvalue weighted by Crippen LogP contribution is 2.67. The Morgan fingerprint density at radius 1 is 0.764 bits per heavy atom. The molecule has 0 spiro atoms. The summed E-state index contributed by atoms with van der Waals surface area (Å²) < 4.78 is 12.8. The van der Waals surface area contributed by atoms with Gasteiger partial charge in [0.05, 0.1) is 27.6 Å². The normalized spacial score (nSPS) is 30.2. The molecule has 0 aromatic heterocycles. The average Bonchev–Trinajstić information content (AvgIpc) is 3.46. The van der Waals surface area contributed by atoms with Crippen LogP contribution in [0.25, 0.3) is 0 Å². The molecule has 5 heteroatoms. The van der Waals surface area contributed by atoms with Crippen LogP contribution in [0.5, 0.6) is 0 Å². The molecule has 0 aromatic rings. The van der Waals surface area contributed by atoms with E-state index in [0.29, 0.717) is 22.9 Å². The van der Waals surface area contributed by atoms with Gasteiger partial charge in [-0.1, -0.05) is 150 Å². The molecule has 0 saturated heterocycles. The number of nitrogens with zero attached hydrogens (tertiary/aromatic N) is 1. The molecule has 0 aliphatic heterocycles. The van der Waals surface area contributed by atoms with E-state index in [1.807, 2.05) is 0 Å². The fraction of sp³-hybridized carbons (Fsp3) is 0.920. The highest BCUT2D eigenvalue weighted by Gasteiger charge is 2.59. The molecule has 5 nitrogen and oxygen atoms in total. The maximum atomic E-state index is 13.4. The zero-order chi connectivity index (χ0) is 40.1. The van der Waals surface area contributed by atoms with Crippen molar-refractivity contribution in [3.63, 3.8) is 0 Å². The number of fused-ring (bicyclic) bond motifs is 5. The summed E-state index contributed by atoms with van der Waals surface area (Å²) in [5.74, 6) is 4.61. The zero-order valence-electron chi connectivity index (χ0n) is 37.9. The third kappa shape index (κ3) is 13.9. The van der Waals surface area contributed by atoms with Gasteiger partial charge in [0, 0.05) is 12.8 Å². The number of carbonyl (C=O) groups is 2. The number of esters is 2. The summed E-state index contributed by atoms with van der Waals surface area (Å²) >= 11 is 0. The fourth-order valence-corrected chi connectivity index (χ4v) is 12.5. The molecule has 3 fully saturated rings. The van der Waals surface area contributed by atoms with Gasteiger partial charge in [0.25, 0.3) is 0 Å². The smallest absolute Gasteiger partial charge is 0.310 e. The van der Waals surface area contributed by atoms with E-state index in [-0.39, 0.29) is 29.9 Å². The quantitative estimate of drug-likeness (QED) is 0.0402. The van der Waals surface area contributed by atoms with Gasteiger partial charge >= 0.3 is 11.9 Å². The van der Waals surface area contributed by atoms with Crippen molar-refractivity contribution >= 4 is 11.9 Å². The molecule has 0 bridgehead atoms. The van der Waals surface area contributed by atoms with Crippen LogP contribution in [0.4, 0.5) is 0 Å². The number of rotatable bonds is 25. The zero-order valence-corrected chi connectivity index (χ0v) is 37.9. The number of ether oxygens (including phenoxy) is 2. The minimum absolute atomic E-state index is 0.0638. The van der Waals surface area contributed by atoms with Gasteiger partial charge in [-0.2, -0.15) is 0 Å². The van der Waals surface area contributed by atoms with Gasteiger partial charge in [0.2, 0.25) is 0 Å². The van der Waals surface area contributed by atoms with Crippen molar-refractivity contribution in [1.82, 2.24) is 0 Å². The maximum absolute atomic E-state index is 13.4. The SMILES string of the molecule is CCCCCCCCCCCCCCCC(=O)OC(CC(=O)O[C@H]1CC[C@@]2(C)C(=CC[C@H]3[C@@H]4CC[C@H]([C@H](C)CCCC(C)C)[C@@]4(C)CC[C@@H]32)C1)C[N+](C)(C)C. The molecule has 4 aliphatic rings. The lowest BCUT2D eigenvalue weighted by molar-refractivity contribution is -0.873. The number of hydrogen-bond donors (Lipinski definition) is 0. The number of hydrogen-bond acceptors (Lipinski definition) is 4. The van der Waals surface area contributed by atoms with Gasteiger partial charge in [-0.05, 0) is 97.7 Å². The number of unbranched alkanes of at least 4 members (excludes halogenated alkanes) is 12. The van der Waals surface area contributed by atoms with Crippen LogP contribution in [0.1, 0.15) is 208 Å². The first-order valence-electron chi connectivity index (χ1n) is 24.0. The molecule has 0 heterocycles. The lowest BCUT2D eigenvalue weighted by Gasteiger charge is -2.58. The predicted octanol–water partition coefficient (Wildman–Crippen LogP) is 13.4. The number of quaternary nitrogens is 1. The number of likely N-dealkylation sites (N-methyl/N-ethyl adjacent to an activating group) is 1. The van der Waals surface area contributed by atoms with Crippen LogP contribution >= 0.6 is 0 Å². The van der Waals surface area contributed by atoms with E-state index < -0.39 is 6.10 Å². The first-order valence-corrected chi connectivity index (χ1v) is 24.0. The Labute approximate surface area is 340 Å². The van der Waals surface area contributed by atoms with E-state index >= 15 is 0 Å². The van der Waals surface area contributed by atoms with E-state index in [9.17, 15) is 9.59 Å². The molecular formula is C50H90NO4+. The summed E-state index contributed by atoms with van der Waals surface area (Å²) in [7, 11) is 6.28. The monoisotopic (exact) mass is 769 g/mol. The van der Waals surface area contributed by atoms with Gasteiger partial charge in [-0.15, -0.1) is 0 Å². The molecule has 318 valence electrons. The predicted molar refractivity (Wildman–Crippen MR) is 231 cm³/mol. The van der Waals surface area contributed by atoms with E-state index in [2.05, 4.69) is 68.8 Å². The van der Waals surface area contributed by atoms with Gasteiger partial charge < -0.3 is 14.0 Å². The lowest BCUT2D eigenvalue weighted by Crippen LogP contribution is -2.51. The van der Waals surface area contributed by atoms with E-state index in [1.165, 1.54) is 122 Å². The Morgan fingerprint density at radius 3 is 2.02 bits per heavy atom. The second-order valence-electron chi connectivity index (χ2n) is 21.4. The van der Waals surface area contributed by atoms with Crippen molar-refractivity contribution < 1.29 is 23.5 Å². The van der Waals surface area contributed by atoms with Crippen LogP contribution < -0.4 is 0 Å². The fourth-order valence-electron chi connectivity index (χ4n) is 12.5. The molecule has 55 heavy (non-hydrogen) atoms. The number of allylic oxidation sites excluding steroid dienone is 1. The van der Waals surface area contributed by atoms with E-state index in [1.54, 1.807) is 5.57 Å². The molecule has 0 radical (unpaired) electrons. The summed E-state index contributed by atoms with van der Waals surface area (Å²) in [6, 6.07) is 0. The molecule has 4 aliphatic carbocycles. The Hall–Kier alpha value is -1.36. The van der Waals surface area contributed by atoms with Crippen molar-refractivity contribution in [1.29, 1.82) is 0 Å². The molecule has 3 saturated carbocycles. The Balaban J connectivity index is 1.19. The van der Waals surface area contributed by atoms with Gasteiger partial charge in [-0.3, -0.25) is 9.59 Å². The van der Waals surface area contributed by atoms with Gasteiger partial charge in [0.1, 0.15) is 12.6 Å². The largest absolute Gasteiger partial charge is 0.462 e. The van der Waals surface area contributed by atoms with Crippen LogP contribution in [0.3, 0.4) is 0 Å². The third-order valence-corrected chi connectivity index (χ3v) is 15.5. The molecular weight excluding hydrogens is 679 g/mol. The van der Waals surface area contributed by atoms with Crippen LogP contribution in [0.15, 0.2) is 11.6 Å². The lowest BCUT2D eigenvalue weighted by atomic mass is 9.47. The van der Waals surface area contributed by atoms with Crippen LogP contribution in [0.2, 0.25) is 0 Å². The van der Waals surface area contributed by atoms with Crippen molar-refractivity contribution in [2.24, 2.45) is 46.3 Å². The minimum Gasteiger partial charge on any atom is -0.462 e. The summed E-state index contributed by atoms with van der Waals surface area (Å²) in [4.78, 5) is 26.4. The molecule has 4 rings (SSSR count). The molecule has 0 aromatic carbocycles. The van der Waals surface area contributed by atoms with Crippen LogP contribution in [-0.2, 0) is 19.1 Å². The third-order valence-electron chi connectivity index (χ3n) is 15.5. The van der Waals surface area contributed by atoms with Crippen molar-refractivity contribution in [2.45, 2.75) is 221 Å². The first kappa shape index (κ1) is 46.3. The Morgan fingerprint density at radius 2 is 1.40 bits per heavy atom. The average molecular weight is 769 g/mol. The highest BCUT2D eigenvalue weighted by atomic mass is 16.6. The summed E-state index contributed by atoms with van der Waals surface area (Å²) in [6.45, 7) is 15.4. The second-order valence-corrected chi connectivity index (χ2v) is 21.4. The summed E-state index contributed by atoms with van der Waals surface area (Å²) in [5, 5.41) is 0. The van der Waals surface area contributed by atoms with Gasteiger partial charge in [-0.25, -0.2) is 0 Å². The van der Waals surface area contributed by atoms with Crippen molar-refractivity contribution in [2.75, 3.05) is 27.7 Å². The van der Waals surface area contributed by atoms with E-state index in [0.717, 1.165) is 67.6 Å². The molecule has 9 atom stereocenters. The minimum atomic E-state index is -0.449. The molecule has 1 unspecified atom stereocenters. The maximum Gasteiger partial charge on any atom is 0.310 e. The topological polar surface area (TPSA) is 52.6 Å². The Kier molecular flexibility index (Phi) is 18.6. The summed E-state index contributed by atoms with van der Waals surface area (Å²) in [6.07, 6.45) is 33.3. The van der Waals surface area contributed by atoms with Crippen molar-refractivity contribution in [3.05, 3.63) is 11.6 Å².